The predicted molar refractivity (Wildman–Crippen MR) is 133 cm³/mol. The van der Waals surface area contributed by atoms with Crippen molar-refractivity contribution in [1.82, 2.24) is 10.8 Å². The van der Waals surface area contributed by atoms with Crippen LogP contribution in [0.4, 0.5) is 4.79 Å². The fourth-order valence-electron chi connectivity index (χ4n) is 3.38. The van der Waals surface area contributed by atoms with Crippen molar-refractivity contribution in [1.29, 1.82) is 0 Å². The van der Waals surface area contributed by atoms with Crippen LogP contribution in [-0.2, 0) is 57.2 Å². The van der Waals surface area contributed by atoms with Crippen LogP contribution in [0.15, 0.2) is 4.99 Å². The first-order valence-electron chi connectivity index (χ1n) is 12.4. The second kappa shape index (κ2) is 17.6. The number of carboxylic acid groups (broad SMARTS) is 1. The van der Waals surface area contributed by atoms with Gasteiger partial charge in [0, 0.05) is 34.2 Å². The van der Waals surface area contributed by atoms with Crippen LogP contribution in [0.3, 0.4) is 0 Å². The highest BCUT2D eigenvalue weighted by atomic mass is 16.8. The predicted octanol–water partition coefficient (Wildman–Crippen LogP) is -1.12. The first-order chi connectivity index (χ1) is 19.2. The normalized spacial score (nSPS) is 22.9. The molecule has 0 aliphatic carbocycles. The number of aliphatic carboxylic acids is 1. The lowest BCUT2D eigenvalue weighted by atomic mass is 9.98. The third-order valence-corrected chi connectivity index (χ3v) is 4.98. The number of hydrogen-bond acceptors (Lipinski definition) is 15. The van der Waals surface area contributed by atoms with E-state index in [9.17, 15) is 28.8 Å². The van der Waals surface area contributed by atoms with E-state index in [0.29, 0.717) is 0 Å². The summed E-state index contributed by atoms with van der Waals surface area (Å²) in [5.74, 6) is -4.71. The molecule has 0 aromatic carbocycles. The van der Waals surface area contributed by atoms with E-state index in [4.69, 9.17) is 44.1 Å². The highest BCUT2D eigenvalue weighted by Crippen LogP contribution is 2.29. The summed E-state index contributed by atoms with van der Waals surface area (Å²) in [4.78, 5) is 79.6. The first kappa shape index (κ1) is 35.0. The molecule has 6 atom stereocenters. The number of nitrogens with one attached hydrogen (secondary N) is 2. The lowest BCUT2D eigenvalue weighted by Gasteiger charge is -2.43. The Labute approximate surface area is 235 Å². The molecule has 0 aromatic rings. The Hall–Kier alpha value is -4.03. The summed E-state index contributed by atoms with van der Waals surface area (Å²) in [5.41, 5.74) is 7.80. The van der Waals surface area contributed by atoms with Gasteiger partial charge in [-0.15, -0.1) is 0 Å². The number of amides is 1. The molecular weight excluding hydrogens is 556 g/mol. The molecule has 232 valence electrons. The topological polar surface area (TPSA) is 250 Å². The van der Waals surface area contributed by atoms with Gasteiger partial charge >= 0.3 is 35.9 Å². The number of rotatable bonds is 13. The summed E-state index contributed by atoms with van der Waals surface area (Å²) < 4.78 is 31.4. The molecular formula is C23H36N4O14. The summed E-state index contributed by atoms with van der Waals surface area (Å²) in [7, 11) is 0. The molecule has 0 spiro atoms. The molecule has 1 fully saturated rings. The number of esters is 4. The average molecular weight is 593 g/mol. The minimum atomic E-state index is -1.62. The molecule has 1 saturated heterocycles. The van der Waals surface area contributed by atoms with Crippen LogP contribution in [0.2, 0.25) is 0 Å². The molecule has 41 heavy (non-hydrogen) atoms. The van der Waals surface area contributed by atoms with Crippen molar-refractivity contribution in [3.63, 3.8) is 0 Å². The highest BCUT2D eigenvalue weighted by molar-refractivity contribution is 5.93. The number of aliphatic imine (C=N–C) groups is 1. The molecule has 0 radical (unpaired) electrons. The van der Waals surface area contributed by atoms with Crippen molar-refractivity contribution in [2.45, 2.75) is 84.2 Å². The molecule has 18 heteroatoms. The molecule has 1 heterocycles. The van der Waals surface area contributed by atoms with Crippen LogP contribution in [0.1, 0.15) is 47.5 Å². The maximum Gasteiger partial charge on any atom is 0.413 e. The van der Waals surface area contributed by atoms with Crippen LogP contribution < -0.4 is 16.5 Å². The lowest BCUT2D eigenvalue weighted by Crippen LogP contribution is -2.64. The number of nitrogens with zero attached hydrogens (tertiary/aromatic N) is 1. The Morgan fingerprint density at radius 2 is 1.49 bits per heavy atom. The van der Waals surface area contributed by atoms with E-state index in [1.807, 2.05) is 0 Å². The minimum Gasteiger partial charge on any atom is -0.480 e. The van der Waals surface area contributed by atoms with E-state index in [0.717, 1.165) is 27.7 Å². The van der Waals surface area contributed by atoms with E-state index in [1.165, 1.54) is 0 Å². The van der Waals surface area contributed by atoms with Gasteiger partial charge in [0.2, 0.25) is 12.2 Å². The smallest absolute Gasteiger partial charge is 0.413 e. The number of carbonyl (C=O) groups excluding carboxylic acids is 5. The molecule has 0 saturated carbocycles. The largest absolute Gasteiger partial charge is 0.480 e. The Bertz CT molecular complexity index is 974. The van der Waals surface area contributed by atoms with Crippen molar-refractivity contribution >= 4 is 41.9 Å². The summed E-state index contributed by atoms with van der Waals surface area (Å²) in [6, 6.07) is -1.12. The number of alkyl carbamates (subject to hydrolysis) is 1. The molecule has 1 amide bonds. The maximum absolute atomic E-state index is 12.0. The van der Waals surface area contributed by atoms with Crippen LogP contribution >= 0.6 is 0 Å². The van der Waals surface area contributed by atoms with Gasteiger partial charge in [0.05, 0.1) is 6.61 Å². The molecule has 2 unspecified atom stereocenters. The quantitative estimate of drug-likeness (QED) is 0.0494. The second-order valence-corrected chi connectivity index (χ2v) is 8.45. The van der Waals surface area contributed by atoms with Crippen molar-refractivity contribution in [3.8, 4) is 0 Å². The summed E-state index contributed by atoms with van der Waals surface area (Å²) in [6.45, 7) is 5.39. The van der Waals surface area contributed by atoms with E-state index >= 15 is 0 Å². The van der Waals surface area contributed by atoms with E-state index in [1.54, 1.807) is 6.92 Å². The minimum absolute atomic E-state index is 0.0162. The van der Waals surface area contributed by atoms with E-state index in [-0.39, 0.29) is 32.0 Å². The summed E-state index contributed by atoms with van der Waals surface area (Å²) in [6.07, 6.45) is -7.97. The third kappa shape index (κ3) is 13.3. The summed E-state index contributed by atoms with van der Waals surface area (Å²) in [5, 5.41) is 11.2. The monoisotopic (exact) mass is 592 g/mol. The van der Waals surface area contributed by atoms with Crippen molar-refractivity contribution in [2.24, 2.45) is 10.7 Å². The van der Waals surface area contributed by atoms with Gasteiger partial charge in [-0.3, -0.25) is 34.3 Å². The Morgan fingerprint density at radius 1 is 0.902 bits per heavy atom. The maximum atomic E-state index is 12.0. The van der Waals surface area contributed by atoms with Gasteiger partial charge in [0.25, 0.3) is 0 Å². The lowest BCUT2D eigenvalue weighted by molar-refractivity contribution is -0.316. The molecule has 18 nitrogen and oxygen atoms in total. The number of hydroxylamine groups is 1. The Balaban J connectivity index is 3.28. The van der Waals surface area contributed by atoms with Gasteiger partial charge in [0.15, 0.2) is 18.3 Å². The van der Waals surface area contributed by atoms with E-state index in [2.05, 4.69) is 15.8 Å². The van der Waals surface area contributed by atoms with Gasteiger partial charge in [-0.05, 0) is 19.8 Å². The van der Waals surface area contributed by atoms with Gasteiger partial charge in [-0.2, -0.15) is 0 Å². The number of ether oxygens (including phenoxy) is 6. The molecule has 0 bridgehead atoms. The van der Waals surface area contributed by atoms with Gasteiger partial charge in [-0.1, -0.05) is 0 Å². The number of nitrogens with two attached hydrogens (primary N) is 1. The van der Waals surface area contributed by atoms with Gasteiger partial charge in [0.1, 0.15) is 18.8 Å². The fourth-order valence-corrected chi connectivity index (χ4v) is 3.38. The van der Waals surface area contributed by atoms with Crippen LogP contribution in [0.5, 0.6) is 0 Å². The average Bonchev–Trinajstić information content (AvgIpc) is 2.85. The number of carbonyl (C=O) groups is 6. The number of hydrogen-bond donors (Lipinski definition) is 4. The zero-order valence-corrected chi connectivity index (χ0v) is 23.3. The Kier molecular flexibility index (Phi) is 15.0. The van der Waals surface area contributed by atoms with Crippen molar-refractivity contribution < 1.29 is 67.1 Å². The van der Waals surface area contributed by atoms with Crippen LogP contribution in [0.25, 0.3) is 0 Å². The van der Waals surface area contributed by atoms with Gasteiger partial charge < -0.3 is 39.3 Å². The molecule has 1 rings (SSSR count). The second-order valence-electron chi connectivity index (χ2n) is 8.45. The highest BCUT2D eigenvalue weighted by Gasteiger charge is 2.53. The molecule has 1 aliphatic heterocycles. The van der Waals surface area contributed by atoms with E-state index < -0.39 is 79.3 Å². The molecule has 5 N–H and O–H groups in total. The van der Waals surface area contributed by atoms with Crippen LogP contribution in [0, 0.1) is 0 Å². The zero-order valence-electron chi connectivity index (χ0n) is 23.3. The number of carboxylic acids is 1. The third-order valence-electron chi connectivity index (χ3n) is 4.98. The molecule has 1 aliphatic rings. The first-order valence-corrected chi connectivity index (χ1v) is 12.4. The Morgan fingerprint density at radius 3 is 2.02 bits per heavy atom. The molecule has 0 aromatic heterocycles. The van der Waals surface area contributed by atoms with Crippen LogP contribution in [-0.4, -0.2) is 104 Å². The van der Waals surface area contributed by atoms with Gasteiger partial charge in [-0.25, -0.2) is 15.1 Å². The van der Waals surface area contributed by atoms with Crippen molar-refractivity contribution in [3.05, 3.63) is 0 Å². The van der Waals surface area contributed by atoms with Crippen molar-refractivity contribution in [2.75, 3.05) is 19.8 Å². The standard InChI is InChI=1S/C23H36N4O14/c1-6-35-23(34)26-22(25-9-7-8-15(24)20(32)33)27-41-21-19(39-14(5)31)18(38-13(4)30)17(37-12(3)29)16(40-21)10-36-11(2)28/h15-19,21H,6-10,24H2,1-5H3,(H,32,33)(H2,25,26,27,34)/t15-,16?,17-,18-,19?,21-/m0/s1. The number of guanidine groups is 1. The SMILES string of the molecule is CCOC(=O)NC(=NCCC[C@H](N)C(=O)O)NO[C@@H]1OC(COC(C)=O)[C@H](OC(C)=O)[C@H](OC(C)=O)C1OC(C)=O. The summed E-state index contributed by atoms with van der Waals surface area (Å²) >= 11 is 0. The zero-order chi connectivity index (χ0) is 31.1. The fraction of sp³-hybridized carbons (Fsp3) is 0.696.